The molecule has 134 valence electrons. The molecule has 0 spiro atoms. The predicted octanol–water partition coefficient (Wildman–Crippen LogP) is 3.61. The summed E-state index contributed by atoms with van der Waals surface area (Å²) in [6.45, 7) is 0. The highest BCUT2D eigenvalue weighted by Gasteiger charge is 2.36. The minimum absolute atomic E-state index is 0.357. The maximum absolute atomic E-state index is 12.5. The summed E-state index contributed by atoms with van der Waals surface area (Å²) < 4.78 is 0. The number of imide groups is 1. The fourth-order valence-corrected chi connectivity index (χ4v) is 3.06. The zero-order valence-electron chi connectivity index (χ0n) is 14.5. The predicted molar refractivity (Wildman–Crippen MR) is 103 cm³/mol. The lowest BCUT2D eigenvalue weighted by Gasteiger charge is -2.14. The summed E-state index contributed by atoms with van der Waals surface area (Å²) in [5.41, 5.74) is 2.45. The van der Waals surface area contributed by atoms with E-state index in [4.69, 9.17) is 5.26 Å². The zero-order chi connectivity index (χ0) is 19.7. The Morgan fingerprint density at radius 3 is 2.11 bits per heavy atom. The fraction of sp³-hybridized carbons (Fsp3) is 0. The number of carbonyl (C=O) groups excluding carboxylic acids is 3. The molecule has 6 heteroatoms. The Bertz CT molecular complexity index is 1130. The Labute approximate surface area is 160 Å². The first-order valence-electron chi connectivity index (χ1n) is 8.48. The highest BCUT2D eigenvalue weighted by Crippen LogP contribution is 2.28. The van der Waals surface area contributed by atoms with Crippen LogP contribution >= 0.6 is 0 Å². The van der Waals surface area contributed by atoms with Gasteiger partial charge in [-0.15, -0.1) is 0 Å². The average molecular weight is 367 g/mol. The number of fused-ring (bicyclic) bond motifs is 1. The van der Waals surface area contributed by atoms with Gasteiger partial charge in [-0.2, -0.15) is 5.26 Å². The van der Waals surface area contributed by atoms with E-state index in [1.165, 1.54) is 0 Å². The van der Waals surface area contributed by atoms with E-state index < -0.39 is 0 Å². The molecule has 0 atom stereocenters. The Balaban J connectivity index is 1.55. The van der Waals surface area contributed by atoms with Crippen LogP contribution in [0.5, 0.6) is 0 Å². The molecule has 0 bridgehead atoms. The van der Waals surface area contributed by atoms with Crippen molar-refractivity contribution in [2.24, 2.45) is 0 Å². The lowest BCUT2D eigenvalue weighted by molar-refractivity contribution is 0.0925. The number of hydrogen-bond acceptors (Lipinski definition) is 4. The first-order valence-corrected chi connectivity index (χ1v) is 8.48. The van der Waals surface area contributed by atoms with Gasteiger partial charge in [-0.3, -0.25) is 14.4 Å². The molecule has 4 rings (SSSR count). The minimum Gasteiger partial charge on any atom is -0.322 e. The van der Waals surface area contributed by atoms with Crippen LogP contribution in [-0.4, -0.2) is 17.7 Å². The van der Waals surface area contributed by atoms with Gasteiger partial charge in [0.25, 0.3) is 17.7 Å². The molecule has 0 unspecified atom stereocenters. The van der Waals surface area contributed by atoms with Gasteiger partial charge in [0.1, 0.15) is 0 Å². The van der Waals surface area contributed by atoms with E-state index in [1.54, 1.807) is 72.8 Å². The second kappa shape index (κ2) is 6.82. The van der Waals surface area contributed by atoms with E-state index >= 15 is 0 Å². The molecule has 1 N–H and O–H groups in total. The van der Waals surface area contributed by atoms with Gasteiger partial charge in [-0.1, -0.05) is 18.2 Å². The summed E-state index contributed by atoms with van der Waals surface area (Å²) in [4.78, 5) is 38.6. The Hall–Kier alpha value is -4.24. The van der Waals surface area contributed by atoms with Crippen molar-refractivity contribution in [1.29, 1.82) is 5.26 Å². The molecule has 0 saturated heterocycles. The smallest absolute Gasteiger partial charge is 0.266 e. The first kappa shape index (κ1) is 17.2. The van der Waals surface area contributed by atoms with E-state index in [1.807, 2.05) is 6.07 Å². The third-order valence-corrected chi connectivity index (χ3v) is 4.43. The van der Waals surface area contributed by atoms with Gasteiger partial charge in [-0.05, 0) is 54.6 Å². The molecule has 0 fully saturated rings. The van der Waals surface area contributed by atoms with Crippen molar-refractivity contribution in [1.82, 2.24) is 0 Å². The molecule has 1 aliphatic heterocycles. The molecule has 3 aromatic carbocycles. The number of hydrogen-bond donors (Lipinski definition) is 1. The number of carbonyl (C=O) groups is 3. The van der Waals surface area contributed by atoms with Crippen LogP contribution in [0, 0.1) is 11.3 Å². The normalized spacial score (nSPS) is 12.5. The summed E-state index contributed by atoms with van der Waals surface area (Å²) in [5.74, 6) is -1.12. The van der Waals surface area contributed by atoms with Gasteiger partial charge in [-0.25, -0.2) is 4.90 Å². The van der Waals surface area contributed by atoms with E-state index in [0.717, 1.165) is 4.90 Å². The lowest BCUT2D eigenvalue weighted by atomic mass is 10.1. The molecule has 6 nitrogen and oxygen atoms in total. The number of rotatable bonds is 3. The lowest BCUT2D eigenvalue weighted by Crippen LogP contribution is -2.29. The van der Waals surface area contributed by atoms with Crippen LogP contribution in [0.15, 0.2) is 72.8 Å². The Kier molecular flexibility index (Phi) is 4.18. The largest absolute Gasteiger partial charge is 0.322 e. The number of nitriles is 1. The van der Waals surface area contributed by atoms with Crippen LogP contribution in [-0.2, 0) is 0 Å². The Morgan fingerprint density at radius 2 is 1.50 bits per heavy atom. The molecule has 0 radical (unpaired) electrons. The zero-order valence-corrected chi connectivity index (χ0v) is 14.5. The SMILES string of the molecule is N#Cc1cccc(NC(=O)c2ccc(N3C(=O)c4ccccc4C3=O)cc2)c1. The summed E-state index contributed by atoms with van der Waals surface area (Å²) >= 11 is 0. The highest BCUT2D eigenvalue weighted by molar-refractivity contribution is 6.34. The van der Waals surface area contributed by atoms with Gasteiger partial charge in [0.15, 0.2) is 0 Å². The van der Waals surface area contributed by atoms with Crippen molar-refractivity contribution in [2.75, 3.05) is 10.2 Å². The topological polar surface area (TPSA) is 90.3 Å². The first-order chi connectivity index (χ1) is 13.6. The maximum atomic E-state index is 12.5. The van der Waals surface area contributed by atoms with Gasteiger partial charge in [0.2, 0.25) is 0 Å². The molecule has 1 aliphatic rings. The summed E-state index contributed by atoms with van der Waals surface area (Å²) in [5, 5.41) is 11.6. The molecule has 0 saturated carbocycles. The van der Waals surface area contributed by atoms with E-state index in [2.05, 4.69) is 5.32 Å². The molecular formula is C22H13N3O3. The van der Waals surface area contributed by atoms with Crippen LogP contribution in [0.1, 0.15) is 36.6 Å². The van der Waals surface area contributed by atoms with Crippen LogP contribution in [0.25, 0.3) is 0 Å². The number of benzene rings is 3. The highest BCUT2D eigenvalue weighted by atomic mass is 16.2. The van der Waals surface area contributed by atoms with E-state index in [-0.39, 0.29) is 17.7 Å². The quantitative estimate of drug-likeness (QED) is 0.716. The summed E-state index contributed by atoms with van der Waals surface area (Å²) in [6.07, 6.45) is 0. The van der Waals surface area contributed by atoms with E-state index in [9.17, 15) is 14.4 Å². The van der Waals surface area contributed by atoms with Crippen LogP contribution in [0.4, 0.5) is 11.4 Å². The summed E-state index contributed by atoms with van der Waals surface area (Å²) in [6, 6.07) is 21.5. The maximum Gasteiger partial charge on any atom is 0.266 e. The monoisotopic (exact) mass is 367 g/mol. The molecule has 28 heavy (non-hydrogen) atoms. The number of amides is 3. The molecule has 0 aromatic heterocycles. The van der Waals surface area contributed by atoms with E-state index in [0.29, 0.717) is 33.6 Å². The van der Waals surface area contributed by atoms with Crippen LogP contribution in [0.3, 0.4) is 0 Å². The second-order valence-electron chi connectivity index (χ2n) is 6.18. The third kappa shape index (κ3) is 2.91. The fourth-order valence-electron chi connectivity index (χ4n) is 3.06. The third-order valence-electron chi connectivity index (χ3n) is 4.43. The van der Waals surface area contributed by atoms with Crippen molar-refractivity contribution < 1.29 is 14.4 Å². The number of nitrogens with zero attached hydrogens (tertiary/aromatic N) is 2. The molecule has 1 heterocycles. The van der Waals surface area contributed by atoms with Gasteiger partial charge in [0, 0.05) is 11.3 Å². The van der Waals surface area contributed by atoms with Crippen molar-refractivity contribution in [3.05, 3.63) is 95.1 Å². The molecule has 3 aromatic rings. The summed E-state index contributed by atoms with van der Waals surface area (Å²) in [7, 11) is 0. The molecule has 0 aliphatic carbocycles. The van der Waals surface area contributed by atoms with Gasteiger partial charge < -0.3 is 5.32 Å². The van der Waals surface area contributed by atoms with Crippen molar-refractivity contribution in [2.45, 2.75) is 0 Å². The standard InChI is InChI=1S/C22H13N3O3/c23-13-14-4-3-5-16(12-14)24-20(26)15-8-10-17(11-9-15)25-21(27)18-6-1-2-7-19(18)22(25)28/h1-12H,(H,24,26). The van der Waals surface area contributed by atoms with Crippen molar-refractivity contribution >= 4 is 29.1 Å². The molecule has 3 amide bonds. The Morgan fingerprint density at radius 1 is 0.857 bits per heavy atom. The van der Waals surface area contributed by atoms with Gasteiger partial charge in [0.05, 0.1) is 28.4 Å². The van der Waals surface area contributed by atoms with Crippen molar-refractivity contribution in [3.63, 3.8) is 0 Å². The number of anilines is 2. The molecular weight excluding hydrogens is 354 g/mol. The minimum atomic E-state index is -0.383. The second-order valence-corrected chi connectivity index (χ2v) is 6.18. The van der Waals surface area contributed by atoms with Gasteiger partial charge >= 0.3 is 0 Å². The van der Waals surface area contributed by atoms with Crippen molar-refractivity contribution in [3.8, 4) is 6.07 Å². The van der Waals surface area contributed by atoms with Crippen LogP contribution in [0.2, 0.25) is 0 Å². The number of nitrogens with one attached hydrogen (secondary N) is 1. The average Bonchev–Trinajstić information content (AvgIpc) is 2.99. The van der Waals surface area contributed by atoms with Crippen LogP contribution < -0.4 is 10.2 Å².